The minimum absolute atomic E-state index is 0.0607. The van der Waals surface area contributed by atoms with Gasteiger partial charge in [-0.15, -0.1) is 0 Å². The van der Waals surface area contributed by atoms with Crippen molar-refractivity contribution in [3.63, 3.8) is 0 Å². The molecule has 0 aliphatic rings. The SMILES string of the molecule is Cc1ccc(-c2nsc(C#N)[n+]2[O-])cc1. The Kier molecular flexibility index (Phi) is 2.35. The van der Waals surface area contributed by atoms with Gasteiger partial charge in [0, 0.05) is 4.37 Å². The number of nitrogens with zero attached hydrogens (tertiary/aromatic N) is 3. The van der Waals surface area contributed by atoms with Crippen molar-refractivity contribution in [1.82, 2.24) is 4.37 Å². The highest BCUT2D eigenvalue weighted by Gasteiger charge is 2.18. The van der Waals surface area contributed by atoms with E-state index >= 15 is 0 Å². The molecule has 0 atom stereocenters. The second kappa shape index (κ2) is 3.67. The summed E-state index contributed by atoms with van der Waals surface area (Å²) in [7, 11) is 0. The lowest BCUT2D eigenvalue weighted by atomic mass is 10.1. The van der Waals surface area contributed by atoms with Crippen LogP contribution in [0.25, 0.3) is 11.4 Å². The lowest BCUT2D eigenvalue weighted by Crippen LogP contribution is -2.29. The van der Waals surface area contributed by atoms with Crippen LogP contribution in [0, 0.1) is 23.5 Å². The fraction of sp³-hybridized carbons (Fsp3) is 0.100. The molecule has 4 nitrogen and oxygen atoms in total. The largest absolute Gasteiger partial charge is 0.709 e. The molecule has 2 rings (SSSR count). The molecule has 2 aromatic rings. The van der Waals surface area contributed by atoms with Crippen LogP contribution in [-0.4, -0.2) is 4.37 Å². The van der Waals surface area contributed by atoms with Crippen molar-refractivity contribution in [3.8, 4) is 17.5 Å². The van der Waals surface area contributed by atoms with Gasteiger partial charge in [-0.2, -0.15) is 5.26 Å². The molecule has 0 unspecified atom stereocenters. The Bertz CT molecular complexity index is 525. The monoisotopic (exact) mass is 217 g/mol. The van der Waals surface area contributed by atoms with Crippen molar-refractivity contribution in [2.24, 2.45) is 0 Å². The van der Waals surface area contributed by atoms with Gasteiger partial charge in [0.25, 0.3) is 0 Å². The van der Waals surface area contributed by atoms with Crippen LogP contribution in [0.15, 0.2) is 24.3 Å². The number of benzene rings is 1. The molecule has 0 saturated carbocycles. The van der Waals surface area contributed by atoms with Crippen LogP contribution in [0.4, 0.5) is 0 Å². The van der Waals surface area contributed by atoms with Crippen molar-refractivity contribution in [1.29, 1.82) is 5.26 Å². The molecular weight excluding hydrogens is 210 g/mol. The van der Waals surface area contributed by atoms with Gasteiger partial charge in [0.15, 0.2) is 17.6 Å². The van der Waals surface area contributed by atoms with Crippen LogP contribution < -0.4 is 4.73 Å². The number of rotatable bonds is 1. The van der Waals surface area contributed by atoms with E-state index in [0.717, 1.165) is 22.7 Å². The molecule has 1 heterocycles. The second-order valence-corrected chi connectivity index (χ2v) is 3.84. The maximum Gasteiger partial charge on any atom is 0.349 e. The van der Waals surface area contributed by atoms with Gasteiger partial charge in [-0.25, -0.2) is 4.73 Å². The topological polar surface area (TPSA) is 63.6 Å². The van der Waals surface area contributed by atoms with E-state index in [0.29, 0.717) is 4.73 Å². The molecule has 0 amide bonds. The first-order valence-electron chi connectivity index (χ1n) is 4.29. The van der Waals surface area contributed by atoms with Crippen LogP contribution >= 0.6 is 11.5 Å². The number of hydrogen-bond donors (Lipinski definition) is 0. The highest BCUT2D eigenvalue weighted by Crippen LogP contribution is 2.16. The molecule has 0 radical (unpaired) electrons. The van der Waals surface area contributed by atoms with E-state index in [1.807, 2.05) is 31.2 Å². The maximum absolute atomic E-state index is 11.5. The van der Waals surface area contributed by atoms with Crippen LogP contribution in [0.2, 0.25) is 0 Å². The van der Waals surface area contributed by atoms with E-state index in [9.17, 15) is 5.21 Å². The van der Waals surface area contributed by atoms with E-state index in [1.165, 1.54) is 0 Å². The fourth-order valence-electron chi connectivity index (χ4n) is 1.20. The van der Waals surface area contributed by atoms with Gasteiger partial charge in [0.1, 0.15) is 0 Å². The molecule has 74 valence electrons. The lowest BCUT2D eigenvalue weighted by molar-refractivity contribution is -0.593. The highest BCUT2D eigenvalue weighted by molar-refractivity contribution is 7.05. The first kappa shape index (κ1) is 9.62. The molecule has 5 heteroatoms. The third kappa shape index (κ3) is 1.67. The summed E-state index contributed by atoms with van der Waals surface area (Å²) in [5, 5.41) is 20.2. The zero-order valence-electron chi connectivity index (χ0n) is 7.97. The molecule has 0 aliphatic carbocycles. The lowest BCUT2D eigenvalue weighted by Gasteiger charge is -2.00. The van der Waals surface area contributed by atoms with Gasteiger partial charge in [-0.1, -0.05) is 17.7 Å². The first-order chi connectivity index (χ1) is 7.22. The molecule has 1 aromatic heterocycles. The minimum Gasteiger partial charge on any atom is -0.709 e. The predicted molar refractivity (Wildman–Crippen MR) is 56.0 cm³/mol. The summed E-state index contributed by atoms with van der Waals surface area (Å²) >= 11 is 0.915. The minimum atomic E-state index is 0.0607. The van der Waals surface area contributed by atoms with Gasteiger partial charge in [-0.3, -0.25) is 0 Å². The summed E-state index contributed by atoms with van der Waals surface area (Å²) < 4.78 is 4.52. The van der Waals surface area contributed by atoms with Gasteiger partial charge in [-0.05, 0) is 19.1 Å². The summed E-state index contributed by atoms with van der Waals surface area (Å²) in [4.78, 5) is 0. The number of nitriles is 1. The highest BCUT2D eigenvalue weighted by atomic mass is 32.1. The average Bonchev–Trinajstić information content (AvgIpc) is 2.61. The Hall–Kier alpha value is -1.93. The smallest absolute Gasteiger partial charge is 0.349 e. The predicted octanol–water partition coefficient (Wildman–Crippen LogP) is 1.62. The number of aryl methyl sites for hydroxylation is 1. The van der Waals surface area contributed by atoms with Crippen molar-refractivity contribution < 1.29 is 4.73 Å². The average molecular weight is 217 g/mol. The van der Waals surface area contributed by atoms with Crippen molar-refractivity contribution in [3.05, 3.63) is 40.0 Å². The van der Waals surface area contributed by atoms with Gasteiger partial charge < -0.3 is 5.21 Å². The molecule has 15 heavy (non-hydrogen) atoms. The maximum atomic E-state index is 11.5. The third-order valence-electron chi connectivity index (χ3n) is 2.00. The first-order valence-corrected chi connectivity index (χ1v) is 5.06. The van der Waals surface area contributed by atoms with Crippen molar-refractivity contribution >= 4 is 11.5 Å². The van der Waals surface area contributed by atoms with E-state index in [4.69, 9.17) is 5.26 Å². The molecule has 0 saturated heterocycles. The third-order valence-corrected chi connectivity index (χ3v) is 2.70. The Morgan fingerprint density at radius 2 is 2.07 bits per heavy atom. The number of aromatic nitrogens is 2. The van der Waals surface area contributed by atoms with E-state index in [1.54, 1.807) is 6.07 Å². The normalized spacial score (nSPS) is 9.87. The Morgan fingerprint density at radius 3 is 2.60 bits per heavy atom. The van der Waals surface area contributed by atoms with E-state index in [2.05, 4.69) is 4.37 Å². The van der Waals surface area contributed by atoms with Crippen molar-refractivity contribution in [2.75, 3.05) is 0 Å². The van der Waals surface area contributed by atoms with E-state index < -0.39 is 0 Å². The van der Waals surface area contributed by atoms with Crippen LogP contribution in [-0.2, 0) is 0 Å². The molecular formula is C10H7N3OS. The Labute approximate surface area is 90.8 Å². The molecule has 0 spiro atoms. The summed E-state index contributed by atoms with van der Waals surface area (Å²) in [6.07, 6.45) is 0. The molecule has 0 N–H and O–H groups in total. The molecule has 0 aliphatic heterocycles. The van der Waals surface area contributed by atoms with Gasteiger partial charge in [0.2, 0.25) is 0 Å². The summed E-state index contributed by atoms with van der Waals surface area (Å²) in [6.45, 7) is 1.97. The molecule has 0 bridgehead atoms. The molecule has 0 fully saturated rings. The van der Waals surface area contributed by atoms with Gasteiger partial charge >= 0.3 is 10.8 Å². The van der Waals surface area contributed by atoms with Crippen LogP contribution in [0.5, 0.6) is 0 Å². The number of hydrogen-bond acceptors (Lipinski definition) is 4. The Morgan fingerprint density at radius 1 is 1.40 bits per heavy atom. The van der Waals surface area contributed by atoms with Crippen molar-refractivity contribution in [2.45, 2.75) is 6.92 Å². The zero-order valence-corrected chi connectivity index (χ0v) is 8.78. The standard InChI is InChI=1S/C10H7N3OS/c1-7-2-4-8(5-3-7)10-12-15-9(6-11)13(10)14/h2-5H,1H3. The van der Waals surface area contributed by atoms with Gasteiger partial charge in [0.05, 0.1) is 5.56 Å². The van der Waals surface area contributed by atoms with Crippen LogP contribution in [0.3, 0.4) is 0 Å². The Balaban J connectivity index is 2.51. The summed E-state index contributed by atoms with van der Waals surface area (Å²) in [5.74, 6) is 0.288. The van der Waals surface area contributed by atoms with E-state index in [-0.39, 0.29) is 10.8 Å². The molecule has 1 aromatic carbocycles. The van der Waals surface area contributed by atoms with Crippen LogP contribution in [0.1, 0.15) is 10.6 Å². The summed E-state index contributed by atoms with van der Waals surface area (Å²) in [5.41, 5.74) is 1.85. The quantitative estimate of drug-likeness (QED) is 0.538. The zero-order chi connectivity index (χ0) is 10.8. The fourth-order valence-corrected chi connectivity index (χ4v) is 1.75. The summed E-state index contributed by atoms with van der Waals surface area (Å²) in [6, 6.07) is 9.25. The second-order valence-electron chi connectivity index (χ2n) is 3.08.